The molecular weight excluding hydrogens is 327 g/mol. The average Bonchev–Trinajstić information content (AvgIpc) is 3.04. The van der Waals surface area contributed by atoms with Gasteiger partial charge < -0.3 is 10.2 Å². The van der Waals surface area contributed by atoms with Crippen molar-refractivity contribution in [2.75, 3.05) is 13.1 Å². The minimum absolute atomic E-state index is 0.0298. The van der Waals surface area contributed by atoms with Gasteiger partial charge in [-0.25, -0.2) is 4.39 Å². The molecule has 0 fully saturated rings. The zero-order valence-corrected chi connectivity index (χ0v) is 14.3. The van der Waals surface area contributed by atoms with Crippen LogP contribution in [0.15, 0.2) is 29.6 Å². The van der Waals surface area contributed by atoms with E-state index >= 15 is 0 Å². The number of hydrogen-bond donors (Lipinski definition) is 1. The molecule has 126 valence electrons. The van der Waals surface area contributed by atoms with E-state index in [2.05, 4.69) is 16.8 Å². The maximum absolute atomic E-state index is 13.5. The molecule has 1 N–H and O–H groups in total. The predicted octanol–water partition coefficient (Wildman–Crippen LogP) is 2.90. The molecule has 0 bridgehead atoms. The highest BCUT2D eigenvalue weighted by molar-refractivity contribution is 7.10. The van der Waals surface area contributed by atoms with E-state index in [-0.39, 0.29) is 30.3 Å². The molecule has 0 radical (unpaired) electrons. The van der Waals surface area contributed by atoms with Gasteiger partial charge in [-0.1, -0.05) is 6.07 Å². The number of aryl methyl sites for hydroxylation is 1. The lowest BCUT2D eigenvalue weighted by atomic mass is 10.1. The summed E-state index contributed by atoms with van der Waals surface area (Å²) in [6, 6.07) is 6.43. The van der Waals surface area contributed by atoms with Crippen molar-refractivity contribution in [3.05, 3.63) is 57.0 Å². The Kier molecular flexibility index (Phi) is 4.94. The van der Waals surface area contributed by atoms with Crippen LogP contribution in [0.5, 0.6) is 0 Å². The molecule has 0 unspecified atom stereocenters. The molecule has 0 saturated carbocycles. The van der Waals surface area contributed by atoms with Gasteiger partial charge in [-0.05, 0) is 48.1 Å². The van der Waals surface area contributed by atoms with Gasteiger partial charge in [-0.2, -0.15) is 0 Å². The third-order valence-electron chi connectivity index (χ3n) is 4.22. The lowest BCUT2D eigenvalue weighted by molar-refractivity contribution is -0.131. The molecular formula is C18H19FN2O2S. The summed E-state index contributed by atoms with van der Waals surface area (Å²) in [4.78, 5) is 27.4. The van der Waals surface area contributed by atoms with Crippen molar-refractivity contribution in [2.24, 2.45) is 0 Å². The molecule has 0 saturated heterocycles. The third-order valence-corrected chi connectivity index (χ3v) is 5.24. The number of nitrogens with one attached hydrogen (secondary N) is 1. The van der Waals surface area contributed by atoms with Crippen molar-refractivity contribution < 1.29 is 14.0 Å². The van der Waals surface area contributed by atoms with Crippen LogP contribution in [0.25, 0.3) is 0 Å². The van der Waals surface area contributed by atoms with E-state index in [0.29, 0.717) is 12.1 Å². The molecule has 2 aromatic rings. The SMILES string of the molecule is Cc1ccc(C(=O)NCCC(=O)N2CCc3sccc3C2)cc1F. The van der Waals surface area contributed by atoms with Crippen LogP contribution >= 0.6 is 11.3 Å². The number of rotatable bonds is 4. The van der Waals surface area contributed by atoms with E-state index in [1.807, 2.05) is 4.90 Å². The Balaban J connectivity index is 1.48. The quantitative estimate of drug-likeness (QED) is 0.925. The van der Waals surface area contributed by atoms with Crippen molar-refractivity contribution in [1.29, 1.82) is 0 Å². The number of amides is 2. The Morgan fingerprint density at radius 3 is 2.96 bits per heavy atom. The number of benzene rings is 1. The van der Waals surface area contributed by atoms with E-state index in [4.69, 9.17) is 0 Å². The summed E-state index contributed by atoms with van der Waals surface area (Å²) in [5, 5.41) is 4.73. The first-order valence-corrected chi connectivity index (χ1v) is 8.80. The van der Waals surface area contributed by atoms with Crippen LogP contribution in [0.4, 0.5) is 4.39 Å². The second-order valence-corrected chi connectivity index (χ2v) is 6.90. The van der Waals surface area contributed by atoms with Crippen LogP contribution in [0.3, 0.4) is 0 Å². The van der Waals surface area contributed by atoms with Crippen molar-refractivity contribution in [2.45, 2.75) is 26.3 Å². The smallest absolute Gasteiger partial charge is 0.251 e. The van der Waals surface area contributed by atoms with Crippen LogP contribution in [0, 0.1) is 12.7 Å². The van der Waals surface area contributed by atoms with Crippen molar-refractivity contribution in [3.63, 3.8) is 0 Å². The zero-order valence-electron chi connectivity index (χ0n) is 13.5. The first-order chi connectivity index (χ1) is 11.5. The second-order valence-electron chi connectivity index (χ2n) is 5.90. The normalized spacial score (nSPS) is 13.5. The minimum Gasteiger partial charge on any atom is -0.352 e. The number of thiophene rings is 1. The number of carbonyl (C=O) groups excluding carboxylic acids is 2. The highest BCUT2D eigenvalue weighted by Gasteiger charge is 2.21. The van der Waals surface area contributed by atoms with Gasteiger partial charge in [-0.15, -0.1) is 11.3 Å². The van der Waals surface area contributed by atoms with Crippen molar-refractivity contribution in [3.8, 4) is 0 Å². The van der Waals surface area contributed by atoms with Gasteiger partial charge in [0.2, 0.25) is 5.91 Å². The lowest BCUT2D eigenvalue weighted by Gasteiger charge is -2.27. The molecule has 0 aliphatic carbocycles. The molecule has 1 aromatic heterocycles. The van der Waals surface area contributed by atoms with E-state index in [0.717, 1.165) is 13.0 Å². The fraction of sp³-hybridized carbons (Fsp3) is 0.333. The summed E-state index contributed by atoms with van der Waals surface area (Å²) < 4.78 is 13.5. The summed E-state index contributed by atoms with van der Waals surface area (Å²) in [5.74, 6) is -0.735. The molecule has 1 aromatic carbocycles. The molecule has 24 heavy (non-hydrogen) atoms. The summed E-state index contributed by atoms with van der Waals surface area (Å²) in [7, 11) is 0. The molecule has 0 atom stereocenters. The van der Waals surface area contributed by atoms with Gasteiger partial charge in [0.25, 0.3) is 5.91 Å². The highest BCUT2D eigenvalue weighted by Crippen LogP contribution is 2.24. The number of hydrogen-bond acceptors (Lipinski definition) is 3. The third kappa shape index (κ3) is 3.64. The largest absolute Gasteiger partial charge is 0.352 e. The number of carbonyl (C=O) groups is 2. The Morgan fingerprint density at radius 2 is 2.17 bits per heavy atom. The van der Waals surface area contributed by atoms with Crippen LogP contribution in [-0.4, -0.2) is 29.8 Å². The number of fused-ring (bicyclic) bond motifs is 1. The predicted molar refractivity (Wildman–Crippen MR) is 91.5 cm³/mol. The van der Waals surface area contributed by atoms with Crippen LogP contribution in [0.1, 0.15) is 32.8 Å². The molecule has 6 heteroatoms. The van der Waals surface area contributed by atoms with Crippen LogP contribution in [-0.2, 0) is 17.8 Å². The van der Waals surface area contributed by atoms with Gasteiger partial charge in [0.1, 0.15) is 5.82 Å². The Hall–Kier alpha value is -2.21. The van der Waals surface area contributed by atoms with Gasteiger partial charge in [0.05, 0.1) is 0 Å². The maximum atomic E-state index is 13.5. The monoisotopic (exact) mass is 346 g/mol. The maximum Gasteiger partial charge on any atom is 0.251 e. The fourth-order valence-corrected chi connectivity index (χ4v) is 3.63. The summed E-state index contributed by atoms with van der Waals surface area (Å²) >= 11 is 1.74. The van der Waals surface area contributed by atoms with Gasteiger partial charge >= 0.3 is 0 Å². The van der Waals surface area contributed by atoms with Gasteiger partial charge in [0, 0.05) is 36.5 Å². The zero-order chi connectivity index (χ0) is 17.1. The summed E-state index contributed by atoms with van der Waals surface area (Å²) in [6.07, 6.45) is 1.15. The molecule has 3 rings (SSSR count). The second kappa shape index (κ2) is 7.13. The minimum atomic E-state index is -0.404. The molecule has 4 nitrogen and oxygen atoms in total. The van der Waals surface area contributed by atoms with Crippen molar-refractivity contribution >= 4 is 23.2 Å². The number of nitrogens with zero attached hydrogens (tertiary/aromatic N) is 1. The highest BCUT2D eigenvalue weighted by atomic mass is 32.1. The number of halogens is 1. The average molecular weight is 346 g/mol. The molecule has 1 aliphatic heterocycles. The summed E-state index contributed by atoms with van der Waals surface area (Å²) in [6.45, 7) is 3.27. The fourth-order valence-electron chi connectivity index (χ4n) is 2.74. The van der Waals surface area contributed by atoms with E-state index in [1.165, 1.54) is 16.5 Å². The van der Waals surface area contributed by atoms with Crippen LogP contribution < -0.4 is 5.32 Å². The first-order valence-electron chi connectivity index (χ1n) is 7.92. The lowest BCUT2D eigenvalue weighted by Crippen LogP contribution is -2.37. The Bertz CT molecular complexity index is 772. The van der Waals surface area contributed by atoms with E-state index in [9.17, 15) is 14.0 Å². The first kappa shape index (κ1) is 16.6. The Labute approximate surface area is 144 Å². The summed E-state index contributed by atoms with van der Waals surface area (Å²) in [5.41, 5.74) is 1.99. The molecule has 2 amide bonds. The topological polar surface area (TPSA) is 49.4 Å². The van der Waals surface area contributed by atoms with E-state index in [1.54, 1.807) is 30.4 Å². The van der Waals surface area contributed by atoms with Gasteiger partial charge in [0.15, 0.2) is 0 Å². The molecule has 2 heterocycles. The van der Waals surface area contributed by atoms with Gasteiger partial charge in [-0.3, -0.25) is 9.59 Å². The van der Waals surface area contributed by atoms with Crippen molar-refractivity contribution in [1.82, 2.24) is 10.2 Å². The van der Waals surface area contributed by atoms with E-state index < -0.39 is 5.82 Å². The molecule has 1 aliphatic rings. The standard InChI is InChI=1S/C18H19FN2O2S/c1-12-2-3-13(10-15(12)19)18(23)20-7-4-17(22)21-8-5-16-14(11-21)6-9-24-16/h2-3,6,9-10H,4-5,7-8,11H2,1H3,(H,20,23). The Morgan fingerprint density at radius 1 is 1.33 bits per heavy atom. The van der Waals surface area contributed by atoms with Crippen LogP contribution in [0.2, 0.25) is 0 Å². The molecule has 0 spiro atoms.